The van der Waals surface area contributed by atoms with E-state index in [1.165, 1.54) is 0 Å². The van der Waals surface area contributed by atoms with Gasteiger partial charge in [-0.25, -0.2) is 0 Å². The molecule has 0 aromatic carbocycles. The van der Waals surface area contributed by atoms with Crippen LogP contribution in [0.5, 0.6) is 0 Å². The van der Waals surface area contributed by atoms with E-state index in [2.05, 4.69) is 18.7 Å². The van der Waals surface area contributed by atoms with Crippen molar-refractivity contribution in [1.29, 1.82) is 0 Å². The second-order valence-electron chi connectivity index (χ2n) is 4.25. The number of aliphatic hydroxyl groups excluding tert-OH is 1. The van der Waals surface area contributed by atoms with Crippen LogP contribution in [-0.4, -0.2) is 41.8 Å². The third-order valence-electron chi connectivity index (χ3n) is 3.16. The number of likely N-dealkylation sites (tertiary alicyclic amines) is 1. The maximum Gasteiger partial charge on any atom is 0.0693 e. The highest BCUT2D eigenvalue weighted by atomic mass is 16.3. The Kier molecular flexibility index (Phi) is 4.16. The second kappa shape index (κ2) is 4.94. The van der Waals surface area contributed by atoms with Crippen LogP contribution in [0, 0.1) is 5.92 Å². The minimum atomic E-state index is -0.144. The van der Waals surface area contributed by atoms with E-state index >= 15 is 0 Å². The third-order valence-corrected chi connectivity index (χ3v) is 3.16. The van der Waals surface area contributed by atoms with Crippen molar-refractivity contribution in [1.82, 2.24) is 4.90 Å². The molecule has 3 atom stereocenters. The van der Waals surface area contributed by atoms with Gasteiger partial charge in [0.15, 0.2) is 0 Å². The summed E-state index contributed by atoms with van der Waals surface area (Å²) >= 11 is 0. The minimum Gasteiger partial charge on any atom is -0.392 e. The molecular weight excluding hydrogens is 164 g/mol. The molecule has 78 valence electrons. The Bertz CT molecular complexity index is 152. The minimum absolute atomic E-state index is 0.144. The van der Waals surface area contributed by atoms with Crippen molar-refractivity contribution in [3.8, 4) is 0 Å². The molecule has 1 heterocycles. The third kappa shape index (κ3) is 2.93. The first-order chi connectivity index (χ1) is 6.15. The highest BCUT2D eigenvalue weighted by molar-refractivity contribution is 4.80. The molecule has 1 aliphatic rings. The molecule has 1 fully saturated rings. The van der Waals surface area contributed by atoms with Gasteiger partial charge in [0.1, 0.15) is 0 Å². The van der Waals surface area contributed by atoms with Crippen LogP contribution in [-0.2, 0) is 0 Å². The first kappa shape index (κ1) is 11.0. The molecule has 13 heavy (non-hydrogen) atoms. The van der Waals surface area contributed by atoms with Gasteiger partial charge in [-0.2, -0.15) is 0 Å². The fourth-order valence-electron chi connectivity index (χ4n) is 1.90. The number of piperidine rings is 1. The summed E-state index contributed by atoms with van der Waals surface area (Å²) < 4.78 is 0. The Hall–Kier alpha value is -0.120. The molecule has 0 spiro atoms. The van der Waals surface area contributed by atoms with Crippen LogP contribution in [0.25, 0.3) is 0 Å². The predicted molar refractivity (Wildman–Crippen MR) is 54.5 cm³/mol. The van der Waals surface area contributed by atoms with Crippen LogP contribution in [0.15, 0.2) is 0 Å². The molecule has 0 amide bonds. The lowest BCUT2D eigenvalue weighted by molar-refractivity contribution is 0.0122. The van der Waals surface area contributed by atoms with Crippen LogP contribution >= 0.6 is 0 Å². The van der Waals surface area contributed by atoms with E-state index in [0.717, 1.165) is 32.5 Å². The Labute approximate surface area is 80.9 Å². The lowest BCUT2D eigenvalue weighted by atomic mass is 9.95. The topological polar surface area (TPSA) is 49.5 Å². The lowest BCUT2D eigenvalue weighted by Gasteiger charge is -2.37. The van der Waals surface area contributed by atoms with Crippen molar-refractivity contribution in [2.24, 2.45) is 11.7 Å². The molecule has 0 aromatic heterocycles. The number of β-amino-alcohol motifs (C(OH)–C–C–N with tert-alkyl or cyclic N) is 1. The van der Waals surface area contributed by atoms with E-state index in [1.807, 2.05) is 0 Å². The van der Waals surface area contributed by atoms with Crippen LogP contribution < -0.4 is 5.73 Å². The standard InChI is InChI=1S/C10H22N2O/c1-8-4-6-12(7-10(8)13)9(2)3-5-11/h8-10,13H,3-7,11H2,1-2H3. The van der Waals surface area contributed by atoms with Gasteiger partial charge in [0, 0.05) is 12.6 Å². The number of hydrogen-bond donors (Lipinski definition) is 2. The average molecular weight is 186 g/mol. The normalized spacial score (nSPS) is 33.2. The Morgan fingerprint density at radius 3 is 2.85 bits per heavy atom. The van der Waals surface area contributed by atoms with Crippen LogP contribution in [0.4, 0.5) is 0 Å². The molecule has 3 unspecified atom stereocenters. The molecule has 3 N–H and O–H groups in total. The van der Waals surface area contributed by atoms with Crippen LogP contribution in [0.3, 0.4) is 0 Å². The summed E-state index contributed by atoms with van der Waals surface area (Å²) in [5.74, 6) is 0.460. The van der Waals surface area contributed by atoms with Gasteiger partial charge in [-0.1, -0.05) is 6.92 Å². The fraction of sp³-hybridized carbons (Fsp3) is 1.00. The van der Waals surface area contributed by atoms with Crippen LogP contribution in [0.1, 0.15) is 26.7 Å². The van der Waals surface area contributed by atoms with Gasteiger partial charge < -0.3 is 10.8 Å². The van der Waals surface area contributed by atoms with Crippen LogP contribution in [0.2, 0.25) is 0 Å². The Balaban J connectivity index is 2.36. The van der Waals surface area contributed by atoms with E-state index in [0.29, 0.717) is 12.0 Å². The molecule has 0 bridgehead atoms. The Morgan fingerprint density at radius 1 is 1.62 bits per heavy atom. The van der Waals surface area contributed by atoms with Gasteiger partial charge in [-0.15, -0.1) is 0 Å². The van der Waals surface area contributed by atoms with Gasteiger partial charge >= 0.3 is 0 Å². The summed E-state index contributed by atoms with van der Waals surface area (Å²) in [5.41, 5.74) is 5.51. The molecule has 0 saturated carbocycles. The number of nitrogens with zero attached hydrogens (tertiary/aromatic N) is 1. The summed E-state index contributed by atoms with van der Waals surface area (Å²) in [5, 5.41) is 9.69. The molecule has 0 aliphatic carbocycles. The maximum absolute atomic E-state index is 9.69. The number of rotatable bonds is 3. The zero-order valence-electron chi connectivity index (χ0n) is 8.74. The van der Waals surface area contributed by atoms with E-state index < -0.39 is 0 Å². The Morgan fingerprint density at radius 2 is 2.31 bits per heavy atom. The van der Waals surface area contributed by atoms with E-state index in [1.54, 1.807) is 0 Å². The SMILES string of the molecule is CC1CCN(C(C)CCN)CC1O. The van der Waals surface area contributed by atoms with Gasteiger partial charge in [-0.3, -0.25) is 4.90 Å². The van der Waals surface area contributed by atoms with Gasteiger partial charge in [0.2, 0.25) is 0 Å². The zero-order valence-corrected chi connectivity index (χ0v) is 8.74. The van der Waals surface area contributed by atoms with E-state index in [9.17, 15) is 5.11 Å². The molecule has 1 saturated heterocycles. The molecular formula is C10H22N2O. The monoisotopic (exact) mass is 186 g/mol. The number of nitrogens with two attached hydrogens (primary N) is 1. The lowest BCUT2D eigenvalue weighted by Crippen LogP contribution is -2.47. The van der Waals surface area contributed by atoms with Crippen molar-refractivity contribution in [3.63, 3.8) is 0 Å². The van der Waals surface area contributed by atoms with Gasteiger partial charge in [-0.05, 0) is 38.8 Å². The summed E-state index contributed by atoms with van der Waals surface area (Å²) in [6.45, 7) is 6.98. The summed E-state index contributed by atoms with van der Waals surface area (Å²) in [6, 6.07) is 0.521. The molecule has 0 radical (unpaired) electrons. The second-order valence-corrected chi connectivity index (χ2v) is 4.25. The predicted octanol–water partition coefficient (Wildman–Crippen LogP) is 0.426. The van der Waals surface area contributed by atoms with E-state index in [-0.39, 0.29) is 6.10 Å². The van der Waals surface area contributed by atoms with Gasteiger partial charge in [0.05, 0.1) is 6.10 Å². The molecule has 3 nitrogen and oxygen atoms in total. The first-order valence-electron chi connectivity index (χ1n) is 5.27. The quantitative estimate of drug-likeness (QED) is 0.672. The number of hydrogen-bond acceptors (Lipinski definition) is 3. The molecule has 0 aromatic rings. The van der Waals surface area contributed by atoms with Crippen molar-refractivity contribution in [2.45, 2.75) is 38.8 Å². The van der Waals surface area contributed by atoms with Crippen molar-refractivity contribution < 1.29 is 5.11 Å². The largest absolute Gasteiger partial charge is 0.392 e. The summed E-state index contributed by atoms with van der Waals surface area (Å²) in [4.78, 5) is 2.34. The van der Waals surface area contributed by atoms with Gasteiger partial charge in [0.25, 0.3) is 0 Å². The summed E-state index contributed by atoms with van der Waals surface area (Å²) in [7, 11) is 0. The maximum atomic E-state index is 9.69. The highest BCUT2D eigenvalue weighted by Gasteiger charge is 2.26. The zero-order chi connectivity index (χ0) is 9.84. The van der Waals surface area contributed by atoms with Crippen molar-refractivity contribution in [3.05, 3.63) is 0 Å². The summed E-state index contributed by atoms with van der Waals surface area (Å²) in [6.07, 6.45) is 1.99. The molecule has 1 aliphatic heterocycles. The first-order valence-corrected chi connectivity index (χ1v) is 5.27. The molecule has 1 rings (SSSR count). The van der Waals surface area contributed by atoms with E-state index in [4.69, 9.17) is 5.73 Å². The molecule has 3 heteroatoms. The highest BCUT2D eigenvalue weighted by Crippen LogP contribution is 2.19. The fourth-order valence-corrected chi connectivity index (χ4v) is 1.90. The van der Waals surface area contributed by atoms with Crippen molar-refractivity contribution in [2.75, 3.05) is 19.6 Å². The van der Waals surface area contributed by atoms with Crippen molar-refractivity contribution >= 4 is 0 Å². The number of aliphatic hydroxyl groups is 1. The average Bonchev–Trinajstić information content (AvgIpc) is 2.10. The smallest absolute Gasteiger partial charge is 0.0693 e.